The summed E-state index contributed by atoms with van der Waals surface area (Å²) in [5.74, 6) is -0.392. The second kappa shape index (κ2) is 5.55. The number of anilines is 2. The average molecular weight is 276 g/mol. The topological polar surface area (TPSA) is 127 Å². The molecule has 2 amide bonds. The molecule has 1 aromatic heterocycles. The Balaban J connectivity index is 2.06. The molecule has 1 aromatic rings. The number of primary amides is 1. The van der Waals surface area contributed by atoms with E-state index >= 15 is 0 Å². The first kappa shape index (κ1) is 13.8. The van der Waals surface area contributed by atoms with Crippen LogP contribution in [0.5, 0.6) is 0 Å². The average Bonchev–Trinajstić information content (AvgIpc) is 2.86. The number of hydrogen-bond acceptors (Lipinski definition) is 6. The Labute approximate surface area is 115 Å². The number of aromatic nitrogens is 2. The van der Waals surface area contributed by atoms with Crippen LogP contribution in [0.4, 0.5) is 11.8 Å². The van der Waals surface area contributed by atoms with Gasteiger partial charge in [0, 0.05) is 25.3 Å². The first-order chi connectivity index (χ1) is 9.51. The number of nitrogens with zero attached hydrogens (tertiary/aromatic N) is 3. The number of carbonyl (C=O) groups is 2. The molecular weight excluding hydrogens is 260 g/mol. The first-order valence-corrected chi connectivity index (χ1v) is 6.11. The lowest BCUT2D eigenvalue weighted by molar-refractivity contribution is -0.117. The Bertz CT molecular complexity index is 559. The minimum atomic E-state index is -0.661. The van der Waals surface area contributed by atoms with Gasteiger partial charge in [-0.05, 0) is 12.5 Å². The molecule has 0 saturated carbocycles. The highest BCUT2D eigenvalue weighted by molar-refractivity contribution is 5.96. The third-order valence-electron chi connectivity index (χ3n) is 3.07. The maximum atomic E-state index is 11.2. The van der Waals surface area contributed by atoms with Crippen LogP contribution in [0, 0.1) is 0 Å². The van der Waals surface area contributed by atoms with Gasteiger partial charge in [0.2, 0.25) is 11.9 Å². The predicted molar refractivity (Wildman–Crippen MR) is 73.9 cm³/mol. The summed E-state index contributed by atoms with van der Waals surface area (Å²) in [6.45, 7) is 4.68. The van der Waals surface area contributed by atoms with Crippen LogP contribution < -0.4 is 21.7 Å². The van der Waals surface area contributed by atoms with E-state index in [2.05, 4.69) is 21.9 Å². The molecule has 0 unspecified atom stereocenters. The van der Waals surface area contributed by atoms with Gasteiger partial charge in [0.25, 0.3) is 5.91 Å². The summed E-state index contributed by atoms with van der Waals surface area (Å²) in [4.78, 5) is 32.3. The number of amides is 2. The minimum absolute atomic E-state index is 0.0149. The van der Waals surface area contributed by atoms with E-state index in [9.17, 15) is 9.59 Å². The third kappa shape index (κ3) is 2.85. The zero-order valence-electron chi connectivity index (χ0n) is 10.9. The van der Waals surface area contributed by atoms with Gasteiger partial charge in [-0.1, -0.05) is 6.58 Å². The highest BCUT2D eigenvalue weighted by atomic mass is 16.1. The van der Waals surface area contributed by atoms with Crippen molar-refractivity contribution in [3.63, 3.8) is 0 Å². The molecule has 0 aliphatic carbocycles. The molecule has 0 spiro atoms. The van der Waals surface area contributed by atoms with E-state index in [0.29, 0.717) is 19.0 Å². The normalized spacial score (nSPS) is 17.8. The molecule has 20 heavy (non-hydrogen) atoms. The zero-order chi connectivity index (χ0) is 14.7. The van der Waals surface area contributed by atoms with Crippen LogP contribution in [0.25, 0.3) is 0 Å². The summed E-state index contributed by atoms with van der Waals surface area (Å²) in [6, 6.07) is 0.0149. The maximum Gasteiger partial charge on any atom is 0.254 e. The fraction of sp³-hybridized carbons (Fsp3) is 0.333. The molecule has 0 bridgehead atoms. The lowest BCUT2D eigenvalue weighted by atomic mass is 10.2. The van der Waals surface area contributed by atoms with Gasteiger partial charge in [0.05, 0.1) is 5.56 Å². The molecule has 1 atom stereocenters. The Morgan fingerprint density at radius 1 is 1.55 bits per heavy atom. The molecule has 0 radical (unpaired) electrons. The Morgan fingerprint density at radius 3 is 2.90 bits per heavy atom. The van der Waals surface area contributed by atoms with Gasteiger partial charge >= 0.3 is 0 Å². The summed E-state index contributed by atoms with van der Waals surface area (Å²) >= 11 is 0. The van der Waals surface area contributed by atoms with Crippen molar-refractivity contribution in [2.24, 2.45) is 5.73 Å². The molecule has 8 nitrogen and oxygen atoms in total. The molecule has 1 fully saturated rings. The van der Waals surface area contributed by atoms with Crippen molar-refractivity contribution in [2.45, 2.75) is 12.5 Å². The second-order valence-corrected chi connectivity index (χ2v) is 4.48. The second-order valence-electron chi connectivity index (χ2n) is 4.48. The van der Waals surface area contributed by atoms with Gasteiger partial charge in [-0.25, -0.2) is 4.98 Å². The standard InChI is InChI=1S/C12H16N6O2/c1-2-9(19)16-7-3-4-18(6-7)12-15-5-8(11(14)20)10(13)17-12/h2,5,7H,1,3-4,6H2,(H2,14,20)(H,16,19)(H2,13,15,17)/t7-/m0/s1. The van der Waals surface area contributed by atoms with E-state index < -0.39 is 5.91 Å². The smallest absolute Gasteiger partial charge is 0.254 e. The SMILES string of the molecule is C=CC(=O)N[C@H]1CCN(c2ncc(C(N)=O)c(N)n2)C1. The molecule has 2 heterocycles. The van der Waals surface area contributed by atoms with E-state index in [1.807, 2.05) is 4.90 Å². The Morgan fingerprint density at radius 2 is 2.30 bits per heavy atom. The summed E-state index contributed by atoms with van der Waals surface area (Å²) in [6.07, 6.45) is 3.33. The van der Waals surface area contributed by atoms with Crippen LogP contribution in [-0.4, -0.2) is 40.9 Å². The first-order valence-electron chi connectivity index (χ1n) is 6.11. The van der Waals surface area contributed by atoms with Gasteiger partial charge in [-0.15, -0.1) is 0 Å². The summed E-state index contributed by atoms with van der Waals surface area (Å²) in [5.41, 5.74) is 10.9. The maximum absolute atomic E-state index is 11.2. The number of nitrogens with two attached hydrogens (primary N) is 2. The monoisotopic (exact) mass is 276 g/mol. The van der Waals surface area contributed by atoms with Crippen molar-refractivity contribution >= 4 is 23.6 Å². The van der Waals surface area contributed by atoms with E-state index in [1.165, 1.54) is 12.3 Å². The summed E-state index contributed by atoms with van der Waals surface area (Å²) < 4.78 is 0. The number of nitrogens with one attached hydrogen (secondary N) is 1. The third-order valence-corrected chi connectivity index (χ3v) is 3.07. The lowest BCUT2D eigenvalue weighted by Crippen LogP contribution is -2.36. The number of hydrogen-bond donors (Lipinski definition) is 3. The molecule has 106 valence electrons. The van der Waals surface area contributed by atoms with Crippen LogP contribution >= 0.6 is 0 Å². The fourth-order valence-corrected chi connectivity index (χ4v) is 2.05. The largest absolute Gasteiger partial charge is 0.383 e. The van der Waals surface area contributed by atoms with Crippen molar-refractivity contribution in [3.05, 3.63) is 24.4 Å². The van der Waals surface area contributed by atoms with Crippen molar-refractivity contribution in [3.8, 4) is 0 Å². The zero-order valence-corrected chi connectivity index (χ0v) is 10.9. The van der Waals surface area contributed by atoms with E-state index in [-0.39, 0.29) is 23.3 Å². The van der Waals surface area contributed by atoms with Crippen LogP contribution in [0.2, 0.25) is 0 Å². The van der Waals surface area contributed by atoms with Crippen LogP contribution in [0.1, 0.15) is 16.8 Å². The van der Waals surface area contributed by atoms with Crippen LogP contribution in [-0.2, 0) is 4.79 Å². The molecular formula is C12H16N6O2. The lowest BCUT2D eigenvalue weighted by Gasteiger charge is -2.17. The molecule has 1 aliphatic rings. The Hall–Kier alpha value is -2.64. The molecule has 2 rings (SSSR count). The van der Waals surface area contributed by atoms with Gasteiger partial charge < -0.3 is 21.7 Å². The van der Waals surface area contributed by atoms with Gasteiger partial charge in [0.15, 0.2) is 0 Å². The summed E-state index contributed by atoms with van der Waals surface area (Å²) in [7, 11) is 0. The molecule has 1 saturated heterocycles. The van der Waals surface area contributed by atoms with Crippen LogP contribution in [0.3, 0.4) is 0 Å². The summed E-state index contributed by atoms with van der Waals surface area (Å²) in [5, 5.41) is 2.81. The molecule has 5 N–H and O–H groups in total. The minimum Gasteiger partial charge on any atom is -0.383 e. The van der Waals surface area contributed by atoms with Crippen molar-refractivity contribution < 1.29 is 9.59 Å². The predicted octanol–water partition coefficient (Wildman–Crippen LogP) is -0.961. The quantitative estimate of drug-likeness (QED) is 0.608. The van der Waals surface area contributed by atoms with Gasteiger partial charge in [-0.3, -0.25) is 9.59 Å². The number of nitrogen functional groups attached to an aromatic ring is 1. The van der Waals surface area contributed by atoms with Crippen molar-refractivity contribution in [1.29, 1.82) is 0 Å². The molecule has 8 heteroatoms. The number of carbonyl (C=O) groups excluding carboxylic acids is 2. The van der Waals surface area contributed by atoms with E-state index in [1.54, 1.807) is 0 Å². The fourth-order valence-electron chi connectivity index (χ4n) is 2.05. The van der Waals surface area contributed by atoms with Crippen molar-refractivity contribution in [2.75, 3.05) is 23.7 Å². The van der Waals surface area contributed by atoms with Gasteiger partial charge in [0.1, 0.15) is 5.82 Å². The van der Waals surface area contributed by atoms with E-state index in [4.69, 9.17) is 11.5 Å². The Kier molecular flexibility index (Phi) is 3.83. The number of rotatable bonds is 4. The molecule has 0 aromatic carbocycles. The van der Waals surface area contributed by atoms with E-state index in [0.717, 1.165) is 6.42 Å². The highest BCUT2D eigenvalue weighted by Gasteiger charge is 2.25. The van der Waals surface area contributed by atoms with Crippen LogP contribution in [0.15, 0.2) is 18.9 Å². The van der Waals surface area contributed by atoms with Crippen molar-refractivity contribution in [1.82, 2.24) is 15.3 Å². The van der Waals surface area contributed by atoms with Gasteiger partial charge in [-0.2, -0.15) is 4.98 Å². The highest BCUT2D eigenvalue weighted by Crippen LogP contribution is 2.18. The molecule has 1 aliphatic heterocycles.